The molecule has 0 saturated heterocycles. The fourth-order valence-corrected chi connectivity index (χ4v) is 2.13. The van der Waals surface area contributed by atoms with Crippen LogP contribution in [0.2, 0.25) is 5.02 Å². The fourth-order valence-electron chi connectivity index (χ4n) is 1.95. The molecule has 0 aliphatic heterocycles. The molecule has 0 radical (unpaired) electrons. The van der Waals surface area contributed by atoms with Crippen molar-refractivity contribution in [1.82, 2.24) is 4.57 Å². The summed E-state index contributed by atoms with van der Waals surface area (Å²) < 4.78 is 2.24. The molecule has 0 unspecified atom stereocenters. The minimum atomic E-state index is 0.471. The minimum absolute atomic E-state index is 0.471. The summed E-state index contributed by atoms with van der Waals surface area (Å²) in [7, 11) is 0. The highest BCUT2D eigenvalue weighted by Gasteiger charge is 2.03. The average Bonchev–Trinajstić information content (AvgIpc) is 2.68. The van der Waals surface area contributed by atoms with Crippen molar-refractivity contribution in [2.75, 3.05) is 0 Å². The second kappa shape index (κ2) is 5.40. The van der Waals surface area contributed by atoms with Crippen LogP contribution in [-0.2, 0) is 0 Å². The molecule has 0 aliphatic rings. The Bertz CT molecular complexity index is 568. The van der Waals surface area contributed by atoms with Gasteiger partial charge in [-0.25, -0.2) is 0 Å². The van der Waals surface area contributed by atoms with E-state index < -0.39 is 0 Å². The van der Waals surface area contributed by atoms with Gasteiger partial charge in [-0.1, -0.05) is 17.7 Å². The van der Waals surface area contributed by atoms with Crippen molar-refractivity contribution in [1.29, 1.82) is 0 Å². The van der Waals surface area contributed by atoms with Crippen molar-refractivity contribution in [3.8, 4) is 0 Å². The van der Waals surface area contributed by atoms with Gasteiger partial charge in [0.15, 0.2) is 0 Å². The Balaban J connectivity index is 2.21. The lowest BCUT2D eigenvalue weighted by Crippen LogP contribution is -2.00. The number of benzene rings is 1. The summed E-state index contributed by atoms with van der Waals surface area (Å²) in [6.45, 7) is 6.45. The van der Waals surface area contributed by atoms with Gasteiger partial charge in [-0.3, -0.25) is 4.99 Å². The van der Waals surface area contributed by atoms with E-state index in [1.807, 2.05) is 30.5 Å². The van der Waals surface area contributed by atoms with Crippen molar-refractivity contribution in [3.05, 3.63) is 52.8 Å². The van der Waals surface area contributed by atoms with Gasteiger partial charge >= 0.3 is 0 Å². The number of hydrogen-bond acceptors (Lipinski definition) is 1. The van der Waals surface area contributed by atoms with Crippen LogP contribution < -0.4 is 0 Å². The molecule has 1 heterocycles. The van der Waals surface area contributed by atoms with Crippen LogP contribution in [0.4, 0.5) is 5.69 Å². The van der Waals surface area contributed by atoms with Gasteiger partial charge in [0, 0.05) is 34.7 Å². The van der Waals surface area contributed by atoms with Crippen LogP contribution in [-0.4, -0.2) is 10.8 Å². The molecule has 0 saturated carbocycles. The lowest BCUT2D eigenvalue weighted by molar-refractivity contribution is 0.589. The Labute approximate surface area is 113 Å². The first kappa shape index (κ1) is 12.9. The third-order valence-corrected chi connectivity index (χ3v) is 3.03. The molecular weight excluding hydrogens is 244 g/mol. The van der Waals surface area contributed by atoms with Gasteiger partial charge in [0.2, 0.25) is 0 Å². The summed E-state index contributed by atoms with van der Waals surface area (Å²) >= 11 is 5.92. The van der Waals surface area contributed by atoms with Gasteiger partial charge in [-0.15, -0.1) is 0 Å². The second-order valence-electron chi connectivity index (χ2n) is 4.65. The highest BCUT2D eigenvalue weighted by Crippen LogP contribution is 2.18. The molecule has 0 N–H and O–H groups in total. The summed E-state index contributed by atoms with van der Waals surface area (Å²) in [4.78, 5) is 4.43. The molecule has 0 bridgehead atoms. The SMILES string of the molecule is Cc1cc(C=Nc2cccc(Cl)c2)cn1C(C)C. The first-order valence-electron chi connectivity index (χ1n) is 6.04. The Kier molecular flexibility index (Phi) is 3.87. The van der Waals surface area contributed by atoms with Crippen molar-refractivity contribution in [3.63, 3.8) is 0 Å². The Morgan fingerprint density at radius 2 is 2.06 bits per heavy atom. The maximum absolute atomic E-state index is 5.92. The Morgan fingerprint density at radius 3 is 2.67 bits per heavy atom. The molecule has 2 rings (SSSR count). The van der Waals surface area contributed by atoms with Gasteiger partial charge in [0.25, 0.3) is 0 Å². The van der Waals surface area contributed by atoms with E-state index in [0.717, 1.165) is 11.3 Å². The zero-order valence-corrected chi connectivity index (χ0v) is 11.6. The van der Waals surface area contributed by atoms with E-state index in [1.54, 1.807) is 0 Å². The minimum Gasteiger partial charge on any atom is -0.349 e. The van der Waals surface area contributed by atoms with Gasteiger partial charge in [-0.2, -0.15) is 0 Å². The normalized spacial score (nSPS) is 11.6. The van der Waals surface area contributed by atoms with E-state index in [0.29, 0.717) is 11.1 Å². The molecule has 0 aliphatic carbocycles. The number of halogens is 1. The number of aliphatic imine (C=N–C) groups is 1. The van der Waals surface area contributed by atoms with E-state index in [1.165, 1.54) is 5.69 Å². The quantitative estimate of drug-likeness (QED) is 0.707. The second-order valence-corrected chi connectivity index (χ2v) is 5.09. The zero-order chi connectivity index (χ0) is 13.1. The highest BCUT2D eigenvalue weighted by atomic mass is 35.5. The maximum atomic E-state index is 5.92. The van der Waals surface area contributed by atoms with Crippen LogP contribution in [0.5, 0.6) is 0 Å². The highest BCUT2D eigenvalue weighted by molar-refractivity contribution is 6.30. The maximum Gasteiger partial charge on any atom is 0.0644 e. The molecule has 18 heavy (non-hydrogen) atoms. The number of hydrogen-bond donors (Lipinski definition) is 0. The smallest absolute Gasteiger partial charge is 0.0644 e. The Hall–Kier alpha value is -1.54. The standard InChI is InChI=1S/C15H17ClN2/c1-11(2)18-10-13(7-12(18)3)9-17-15-6-4-5-14(16)8-15/h4-11H,1-3H3. The summed E-state index contributed by atoms with van der Waals surface area (Å²) in [5, 5.41) is 0.709. The first-order valence-corrected chi connectivity index (χ1v) is 6.42. The van der Waals surface area contributed by atoms with E-state index in [-0.39, 0.29) is 0 Å². The van der Waals surface area contributed by atoms with E-state index in [9.17, 15) is 0 Å². The molecule has 0 spiro atoms. The third kappa shape index (κ3) is 3.02. The first-order chi connectivity index (χ1) is 8.56. The number of aryl methyl sites for hydroxylation is 1. The monoisotopic (exact) mass is 260 g/mol. The van der Waals surface area contributed by atoms with Crippen LogP contribution in [0.3, 0.4) is 0 Å². The molecule has 2 aromatic rings. The summed E-state index contributed by atoms with van der Waals surface area (Å²) in [5.41, 5.74) is 3.23. The lowest BCUT2D eigenvalue weighted by atomic mass is 10.3. The van der Waals surface area contributed by atoms with Crippen molar-refractivity contribution in [2.24, 2.45) is 4.99 Å². The van der Waals surface area contributed by atoms with Crippen molar-refractivity contribution < 1.29 is 0 Å². The summed E-state index contributed by atoms with van der Waals surface area (Å²) in [5.74, 6) is 0. The van der Waals surface area contributed by atoms with E-state index >= 15 is 0 Å². The summed E-state index contributed by atoms with van der Waals surface area (Å²) in [6.07, 6.45) is 3.99. The molecular formula is C15H17ClN2. The summed E-state index contributed by atoms with van der Waals surface area (Å²) in [6, 6.07) is 10.1. The van der Waals surface area contributed by atoms with Crippen LogP contribution in [0.25, 0.3) is 0 Å². The van der Waals surface area contributed by atoms with Crippen molar-refractivity contribution in [2.45, 2.75) is 26.8 Å². The average molecular weight is 261 g/mol. The van der Waals surface area contributed by atoms with Crippen LogP contribution in [0.1, 0.15) is 31.1 Å². The largest absolute Gasteiger partial charge is 0.349 e. The van der Waals surface area contributed by atoms with Crippen LogP contribution >= 0.6 is 11.6 Å². The molecule has 0 atom stereocenters. The van der Waals surface area contributed by atoms with Crippen LogP contribution in [0, 0.1) is 6.92 Å². The molecule has 94 valence electrons. The molecule has 0 amide bonds. The van der Waals surface area contributed by atoms with Gasteiger partial charge < -0.3 is 4.57 Å². The lowest BCUT2D eigenvalue weighted by Gasteiger charge is -2.08. The van der Waals surface area contributed by atoms with Gasteiger partial charge in [-0.05, 0) is 45.0 Å². The van der Waals surface area contributed by atoms with Gasteiger partial charge in [0.1, 0.15) is 0 Å². The number of rotatable bonds is 3. The molecule has 0 fully saturated rings. The van der Waals surface area contributed by atoms with Gasteiger partial charge in [0.05, 0.1) is 5.69 Å². The Morgan fingerprint density at radius 1 is 1.28 bits per heavy atom. The predicted molar refractivity (Wildman–Crippen MR) is 78.3 cm³/mol. The molecule has 2 nitrogen and oxygen atoms in total. The third-order valence-electron chi connectivity index (χ3n) is 2.80. The zero-order valence-electron chi connectivity index (χ0n) is 10.9. The van der Waals surface area contributed by atoms with Crippen LogP contribution in [0.15, 0.2) is 41.5 Å². The van der Waals surface area contributed by atoms with E-state index in [4.69, 9.17) is 11.6 Å². The van der Waals surface area contributed by atoms with E-state index in [2.05, 4.69) is 42.6 Å². The molecule has 1 aromatic heterocycles. The number of nitrogens with zero attached hydrogens (tertiary/aromatic N) is 2. The molecule has 3 heteroatoms. The predicted octanol–water partition coefficient (Wildman–Crippen LogP) is 4.78. The molecule has 1 aromatic carbocycles. The topological polar surface area (TPSA) is 17.3 Å². The number of aromatic nitrogens is 1. The fraction of sp³-hybridized carbons (Fsp3) is 0.267. The van der Waals surface area contributed by atoms with Crippen molar-refractivity contribution >= 4 is 23.5 Å².